The van der Waals surface area contributed by atoms with Crippen LogP contribution in [0.4, 0.5) is 0 Å². The highest BCUT2D eigenvalue weighted by Gasteiger charge is 2.13. The number of hydrogen-bond donors (Lipinski definition) is 0. The Bertz CT molecular complexity index is 913. The lowest BCUT2D eigenvalue weighted by molar-refractivity contribution is -0.180. The molecule has 0 aliphatic carbocycles. The van der Waals surface area contributed by atoms with Gasteiger partial charge in [0.05, 0.1) is 13.2 Å². The largest absolute Gasteiger partial charge is 0.353 e. The zero-order valence-electron chi connectivity index (χ0n) is 24.7. The molecular weight excluding hydrogens is 484 g/mol. The molecule has 38 heavy (non-hydrogen) atoms. The summed E-state index contributed by atoms with van der Waals surface area (Å²) in [6.07, 6.45) is 25.3. The van der Waals surface area contributed by atoms with Gasteiger partial charge in [0.25, 0.3) is 0 Å². The van der Waals surface area contributed by atoms with Crippen LogP contribution in [0.2, 0.25) is 0 Å². The molecule has 1 aliphatic heterocycles. The molecule has 1 unspecified atom stereocenters. The fourth-order valence-electron chi connectivity index (χ4n) is 4.39. The summed E-state index contributed by atoms with van der Waals surface area (Å²) in [5.41, 5.74) is 5.84. The van der Waals surface area contributed by atoms with Gasteiger partial charge in [-0.15, -0.1) is 11.8 Å². The Morgan fingerprint density at radius 3 is 2.18 bits per heavy atom. The monoisotopic (exact) mass is 536 g/mol. The summed E-state index contributed by atoms with van der Waals surface area (Å²) in [5, 5.41) is 0.459. The van der Waals surface area contributed by atoms with Gasteiger partial charge >= 0.3 is 0 Å². The maximum absolute atomic E-state index is 5.68. The number of thioether (sulfide) groups is 1. The van der Waals surface area contributed by atoms with E-state index >= 15 is 0 Å². The Morgan fingerprint density at radius 1 is 0.789 bits per heavy atom. The molecule has 0 amide bonds. The molecule has 0 bridgehead atoms. The number of rotatable bonds is 17. The molecule has 1 aromatic rings. The van der Waals surface area contributed by atoms with E-state index in [2.05, 4.69) is 101 Å². The molecule has 0 saturated carbocycles. The van der Waals surface area contributed by atoms with Crippen molar-refractivity contribution in [2.45, 2.75) is 115 Å². The van der Waals surface area contributed by atoms with Gasteiger partial charge in [-0.25, -0.2) is 0 Å². The van der Waals surface area contributed by atoms with Gasteiger partial charge in [-0.1, -0.05) is 76.9 Å². The maximum Gasteiger partial charge on any atom is 0.157 e. The normalized spacial score (nSPS) is 16.7. The Hall–Kier alpha value is -1.81. The molecule has 2 nitrogen and oxygen atoms in total. The van der Waals surface area contributed by atoms with E-state index < -0.39 is 0 Å². The van der Waals surface area contributed by atoms with Crippen molar-refractivity contribution in [2.75, 3.05) is 13.2 Å². The van der Waals surface area contributed by atoms with Crippen LogP contribution in [0.25, 0.3) is 0 Å². The highest BCUT2D eigenvalue weighted by atomic mass is 32.2. The van der Waals surface area contributed by atoms with E-state index in [1.807, 2.05) is 11.8 Å². The van der Waals surface area contributed by atoms with Crippen molar-refractivity contribution in [3.05, 3.63) is 89.1 Å². The molecule has 0 radical (unpaired) electrons. The quantitative estimate of drug-likeness (QED) is 0.112. The molecule has 1 aliphatic rings. The van der Waals surface area contributed by atoms with E-state index in [0.29, 0.717) is 5.25 Å². The first-order valence-corrected chi connectivity index (χ1v) is 15.5. The second kappa shape index (κ2) is 20.1. The van der Waals surface area contributed by atoms with Crippen LogP contribution < -0.4 is 0 Å². The van der Waals surface area contributed by atoms with Gasteiger partial charge in [-0.3, -0.25) is 0 Å². The number of unbranched alkanes of at least 4 members (excludes halogenated alkanes) is 1. The summed E-state index contributed by atoms with van der Waals surface area (Å²) in [5.74, 6) is 0. The van der Waals surface area contributed by atoms with Crippen LogP contribution in [0.1, 0.15) is 98.8 Å². The van der Waals surface area contributed by atoms with Gasteiger partial charge in [-0.05, 0) is 105 Å². The second-order valence-electron chi connectivity index (χ2n) is 10.8. The van der Waals surface area contributed by atoms with Crippen molar-refractivity contribution in [1.82, 2.24) is 0 Å². The van der Waals surface area contributed by atoms with E-state index in [0.717, 1.165) is 71.0 Å². The lowest BCUT2D eigenvalue weighted by Crippen LogP contribution is -2.24. The first-order valence-electron chi connectivity index (χ1n) is 14.6. The van der Waals surface area contributed by atoms with Crippen LogP contribution in [-0.4, -0.2) is 24.8 Å². The highest BCUT2D eigenvalue weighted by molar-refractivity contribution is 8.00. The topological polar surface area (TPSA) is 18.5 Å². The fraction of sp³-hybridized carbons (Fsp3) is 0.543. The van der Waals surface area contributed by atoms with Crippen LogP contribution in [-0.2, 0) is 9.47 Å². The Kier molecular flexibility index (Phi) is 17.2. The van der Waals surface area contributed by atoms with Crippen molar-refractivity contribution in [1.29, 1.82) is 0 Å². The summed E-state index contributed by atoms with van der Waals surface area (Å²) < 4.78 is 11.4. The molecule has 1 fully saturated rings. The third-order valence-electron chi connectivity index (χ3n) is 6.66. The molecule has 1 saturated heterocycles. The van der Waals surface area contributed by atoms with Crippen LogP contribution in [0.3, 0.4) is 0 Å². The molecule has 0 aromatic heterocycles. The van der Waals surface area contributed by atoms with Crippen LogP contribution >= 0.6 is 11.8 Å². The van der Waals surface area contributed by atoms with Gasteiger partial charge in [0, 0.05) is 16.6 Å². The third-order valence-corrected chi connectivity index (χ3v) is 7.83. The molecule has 2 rings (SSSR count). The van der Waals surface area contributed by atoms with Crippen molar-refractivity contribution in [3.63, 3.8) is 0 Å². The Morgan fingerprint density at radius 2 is 1.45 bits per heavy atom. The molecule has 210 valence electrons. The summed E-state index contributed by atoms with van der Waals surface area (Å²) in [6.45, 7) is 12.8. The van der Waals surface area contributed by atoms with Crippen LogP contribution in [0.5, 0.6) is 0 Å². The molecule has 0 spiro atoms. The van der Waals surface area contributed by atoms with Crippen molar-refractivity contribution >= 4 is 11.8 Å². The van der Waals surface area contributed by atoms with Crippen molar-refractivity contribution < 1.29 is 9.47 Å². The summed E-state index contributed by atoms with van der Waals surface area (Å²) in [6, 6.07) is 10.8. The number of hydrogen-bond acceptors (Lipinski definition) is 3. The van der Waals surface area contributed by atoms with Crippen molar-refractivity contribution in [2.24, 2.45) is 0 Å². The summed E-state index contributed by atoms with van der Waals surface area (Å²) >= 11 is 1.97. The first kappa shape index (κ1) is 32.4. The Labute approximate surface area is 238 Å². The lowest BCUT2D eigenvalue weighted by atomic mass is 10.1. The van der Waals surface area contributed by atoms with E-state index in [1.54, 1.807) is 0 Å². The SMILES string of the molecule is CC(C)=CCC/C(C)=C\CC/C=C/CC(/C=C(/C)CC/C=C(/C)CCC1OCCCO1)Sc1ccccc1. The van der Waals surface area contributed by atoms with Gasteiger partial charge in [0.15, 0.2) is 6.29 Å². The molecular formula is C35H52O2S. The number of allylic oxidation sites excluding steroid dienone is 9. The van der Waals surface area contributed by atoms with Crippen LogP contribution in [0, 0.1) is 0 Å². The molecule has 3 heteroatoms. The maximum atomic E-state index is 5.68. The zero-order valence-corrected chi connectivity index (χ0v) is 25.5. The minimum Gasteiger partial charge on any atom is -0.353 e. The van der Waals surface area contributed by atoms with Gasteiger partial charge in [0.2, 0.25) is 0 Å². The fourth-order valence-corrected chi connectivity index (χ4v) is 5.56. The second-order valence-corrected chi connectivity index (χ2v) is 12.1. The number of ether oxygens (including phenoxy) is 2. The van der Waals surface area contributed by atoms with E-state index in [9.17, 15) is 0 Å². The van der Waals surface area contributed by atoms with Gasteiger partial charge < -0.3 is 9.47 Å². The summed E-state index contributed by atoms with van der Waals surface area (Å²) in [7, 11) is 0. The average molecular weight is 537 g/mol. The van der Waals surface area contributed by atoms with E-state index in [-0.39, 0.29) is 6.29 Å². The van der Waals surface area contributed by atoms with Crippen LogP contribution in [0.15, 0.2) is 94.0 Å². The van der Waals surface area contributed by atoms with Crippen molar-refractivity contribution in [3.8, 4) is 0 Å². The summed E-state index contributed by atoms with van der Waals surface area (Å²) in [4.78, 5) is 1.34. The molecule has 1 aromatic carbocycles. The third kappa shape index (κ3) is 16.2. The minimum absolute atomic E-state index is 0.00912. The standard InChI is InChI=1S/C35H52O2S/c1-29(2)16-13-18-30(3)17-9-6-7-10-23-34(38-33-21-11-8-12-22-33)28-32(5)20-14-19-31(4)24-25-35-36-26-15-27-37-35/h7-8,10-12,16-17,19,21-22,28,34-35H,6,9,13-15,18,20,23-27H2,1-5H3/b10-7+,30-17-,31-19-,32-28-. The Balaban J connectivity index is 1.81. The van der Waals surface area contributed by atoms with Gasteiger partial charge in [0.1, 0.15) is 0 Å². The van der Waals surface area contributed by atoms with Gasteiger partial charge in [-0.2, -0.15) is 0 Å². The number of benzene rings is 1. The first-order chi connectivity index (χ1) is 18.4. The average Bonchev–Trinajstić information content (AvgIpc) is 2.90. The molecule has 1 heterocycles. The minimum atomic E-state index is -0.00912. The predicted octanol–water partition coefficient (Wildman–Crippen LogP) is 10.8. The van der Waals surface area contributed by atoms with E-state index in [1.165, 1.54) is 33.6 Å². The smallest absolute Gasteiger partial charge is 0.157 e. The molecule has 1 atom stereocenters. The molecule has 0 N–H and O–H groups in total. The predicted molar refractivity (Wildman–Crippen MR) is 168 cm³/mol. The lowest BCUT2D eigenvalue weighted by Gasteiger charge is -2.23. The van der Waals surface area contributed by atoms with E-state index in [4.69, 9.17) is 9.47 Å². The zero-order chi connectivity index (χ0) is 27.4. The highest BCUT2D eigenvalue weighted by Crippen LogP contribution is 2.28.